The second-order valence-corrected chi connectivity index (χ2v) is 5.67. The summed E-state index contributed by atoms with van der Waals surface area (Å²) in [7, 11) is 0. The Morgan fingerprint density at radius 2 is 1.95 bits per heavy atom. The van der Waals surface area contributed by atoms with E-state index in [2.05, 4.69) is 0 Å². The summed E-state index contributed by atoms with van der Waals surface area (Å²) in [5.74, 6) is -0.124. The number of amides is 1. The van der Waals surface area contributed by atoms with Gasteiger partial charge in [-0.1, -0.05) is 32.0 Å². The Labute approximate surface area is 132 Å². The summed E-state index contributed by atoms with van der Waals surface area (Å²) in [5, 5.41) is 0. The largest absolute Gasteiger partial charge is 0.465 e. The number of esters is 1. The molecule has 22 heavy (non-hydrogen) atoms. The Balaban J connectivity index is 2.63. The predicted octanol–water partition coefficient (Wildman–Crippen LogP) is 2.25. The average molecular weight is 306 g/mol. The van der Waals surface area contributed by atoms with Gasteiger partial charge in [-0.2, -0.15) is 0 Å². The van der Waals surface area contributed by atoms with Crippen LogP contribution < -0.4 is 5.73 Å². The van der Waals surface area contributed by atoms with Crippen LogP contribution in [0.2, 0.25) is 0 Å². The van der Waals surface area contributed by atoms with Crippen molar-refractivity contribution >= 4 is 17.6 Å². The van der Waals surface area contributed by atoms with E-state index in [4.69, 9.17) is 10.5 Å². The Bertz CT molecular complexity index is 500. The minimum Gasteiger partial charge on any atom is -0.465 e. The molecule has 1 aromatic rings. The van der Waals surface area contributed by atoms with E-state index in [1.165, 1.54) is 0 Å². The van der Waals surface area contributed by atoms with Gasteiger partial charge in [0.25, 0.3) is 0 Å². The van der Waals surface area contributed by atoms with Crippen molar-refractivity contribution in [3.05, 3.63) is 29.8 Å². The first-order valence-electron chi connectivity index (χ1n) is 7.70. The SMILES string of the molecule is CCOC(=O)CN(CC(C)C)C(=O)CCc1ccccc1N. The molecule has 0 aliphatic carbocycles. The number of para-hydroxylation sites is 1. The van der Waals surface area contributed by atoms with E-state index in [9.17, 15) is 9.59 Å². The average Bonchev–Trinajstić information content (AvgIpc) is 2.45. The first-order valence-corrected chi connectivity index (χ1v) is 7.70. The lowest BCUT2D eigenvalue weighted by molar-refractivity contribution is -0.149. The molecule has 0 fully saturated rings. The van der Waals surface area contributed by atoms with Crippen molar-refractivity contribution in [2.75, 3.05) is 25.4 Å². The maximum atomic E-state index is 12.4. The summed E-state index contributed by atoms with van der Waals surface area (Å²) < 4.78 is 4.93. The van der Waals surface area contributed by atoms with E-state index in [0.29, 0.717) is 37.6 Å². The van der Waals surface area contributed by atoms with Crippen molar-refractivity contribution in [1.82, 2.24) is 4.90 Å². The third-order valence-electron chi connectivity index (χ3n) is 3.23. The fraction of sp³-hybridized carbons (Fsp3) is 0.529. The quantitative estimate of drug-likeness (QED) is 0.590. The van der Waals surface area contributed by atoms with Gasteiger partial charge in [0.15, 0.2) is 0 Å². The maximum Gasteiger partial charge on any atom is 0.325 e. The third kappa shape index (κ3) is 6.16. The lowest BCUT2D eigenvalue weighted by Crippen LogP contribution is -2.39. The highest BCUT2D eigenvalue weighted by molar-refractivity contribution is 5.82. The maximum absolute atomic E-state index is 12.4. The fourth-order valence-corrected chi connectivity index (χ4v) is 2.22. The number of carbonyl (C=O) groups excluding carboxylic acids is 2. The van der Waals surface area contributed by atoms with Gasteiger partial charge in [0.05, 0.1) is 6.61 Å². The molecule has 0 saturated carbocycles. The van der Waals surface area contributed by atoms with Gasteiger partial charge in [0.1, 0.15) is 6.54 Å². The van der Waals surface area contributed by atoms with Crippen LogP contribution in [0.15, 0.2) is 24.3 Å². The number of nitrogens with two attached hydrogens (primary N) is 1. The van der Waals surface area contributed by atoms with Crippen LogP contribution in [0.5, 0.6) is 0 Å². The van der Waals surface area contributed by atoms with E-state index in [0.717, 1.165) is 5.56 Å². The number of rotatable bonds is 8. The zero-order chi connectivity index (χ0) is 16.5. The summed E-state index contributed by atoms with van der Waals surface area (Å²) in [6.45, 7) is 6.66. The summed E-state index contributed by atoms with van der Waals surface area (Å²) in [5.41, 5.74) is 7.53. The second kappa shape index (κ2) is 9.07. The first kappa shape index (κ1) is 18.0. The molecule has 0 spiro atoms. The van der Waals surface area contributed by atoms with Crippen LogP contribution in [0, 0.1) is 5.92 Å². The molecule has 1 amide bonds. The molecule has 1 aromatic carbocycles. The van der Waals surface area contributed by atoms with Gasteiger partial charge in [-0.05, 0) is 30.9 Å². The minimum atomic E-state index is -0.365. The molecule has 0 atom stereocenters. The van der Waals surface area contributed by atoms with Crippen LogP contribution >= 0.6 is 0 Å². The lowest BCUT2D eigenvalue weighted by atomic mass is 10.1. The standard InChI is InChI=1S/C17H26N2O3/c1-4-22-17(21)12-19(11-13(2)3)16(20)10-9-14-7-5-6-8-15(14)18/h5-8,13H,4,9-12,18H2,1-3H3. The zero-order valence-corrected chi connectivity index (χ0v) is 13.7. The van der Waals surface area contributed by atoms with Gasteiger partial charge in [-0.25, -0.2) is 0 Å². The minimum absolute atomic E-state index is 0.00905. The Morgan fingerprint density at radius 3 is 2.55 bits per heavy atom. The van der Waals surface area contributed by atoms with Crippen LogP contribution in [0.1, 0.15) is 32.8 Å². The number of anilines is 1. The van der Waals surface area contributed by atoms with Gasteiger partial charge < -0.3 is 15.4 Å². The summed E-state index contributed by atoms with van der Waals surface area (Å²) >= 11 is 0. The summed E-state index contributed by atoms with van der Waals surface area (Å²) in [4.78, 5) is 25.6. The van der Waals surface area contributed by atoms with Gasteiger partial charge in [-0.15, -0.1) is 0 Å². The molecule has 5 heteroatoms. The second-order valence-electron chi connectivity index (χ2n) is 5.67. The molecule has 0 aliphatic heterocycles. The van der Waals surface area contributed by atoms with Crippen molar-refractivity contribution in [3.63, 3.8) is 0 Å². The number of hydrogen-bond acceptors (Lipinski definition) is 4. The smallest absolute Gasteiger partial charge is 0.325 e. The van der Waals surface area contributed by atoms with Gasteiger partial charge in [0, 0.05) is 18.7 Å². The molecule has 0 aliphatic rings. The molecule has 5 nitrogen and oxygen atoms in total. The number of hydrogen-bond donors (Lipinski definition) is 1. The van der Waals surface area contributed by atoms with E-state index in [-0.39, 0.29) is 18.4 Å². The normalized spacial score (nSPS) is 10.5. The highest BCUT2D eigenvalue weighted by atomic mass is 16.5. The molecule has 122 valence electrons. The van der Waals surface area contributed by atoms with Gasteiger partial charge in [-0.3, -0.25) is 9.59 Å². The third-order valence-corrected chi connectivity index (χ3v) is 3.23. The number of ether oxygens (including phenoxy) is 1. The van der Waals surface area contributed by atoms with Crippen LogP contribution in [0.25, 0.3) is 0 Å². The first-order chi connectivity index (χ1) is 10.4. The van der Waals surface area contributed by atoms with Crippen LogP contribution in [-0.2, 0) is 20.7 Å². The Hall–Kier alpha value is -2.04. The molecule has 0 heterocycles. The van der Waals surface area contributed by atoms with E-state index < -0.39 is 0 Å². The van der Waals surface area contributed by atoms with Crippen molar-refractivity contribution in [3.8, 4) is 0 Å². The molecule has 0 saturated heterocycles. The van der Waals surface area contributed by atoms with Gasteiger partial charge >= 0.3 is 5.97 Å². The van der Waals surface area contributed by atoms with Crippen molar-refractivity contribution in [1.29, 1.82) is 0 Å². The molecule has 2 N–H and O–H groups in total. The van der Waals surface area contributed by atoms with Crippen LogP contribution in [0.3, 0.4) is 0 Å². The highest BCUT2D eigenvalue weighted by Gasteiger charge is 2.19. The van der Waals surface area contributed by atoms with Crippen molar-refractivity contribution in [2.45, 2.75) is 33.6 Å². The van der Waals surface area contributed by atoms with Crippen molar-refractivity contribution in [2.24, 2.45) is 5.92 Å². The van der Waals surface area contributed by atoms with E-state index in [1.54, 1.807) is 11.8 Å². The highest BCUT2D eigenvalue weighted by Crippen LogP contribution is 2.14. The number of carbonyl (C=O) groups is 2. The van der Waals surface area contributed by atoms with Crippen LogP contribution in [0.4, 0.5) is 5.69 Å². The Morgan fingerprint density at radius 1 is 1.27 bits per heavy atom. The van der Waals surface area contributed by atoms with E-state index >= 15 is 0 Å². The van der Waals surface area contributed by atoms with Crippen molar-refractivity contribution < 1.29 is 14.3 Å². The zero-order valence-electron chi connectivity index (χ0n) is 13.7. The Kier molecular flexibility index (Phi) is 7.43. The topological polar surface area (TPSA) is 72.6 Å². The summed E-state index contributed by atoms with van der Waals surface area (Å²) in [6, 6.07) is 7.51. The fourth-order valence-electron chi connectivity index (χ4n) is 2.22. The number of nitrogens with zero attached hydrogens (tertiary/aromatic N) is 1. The number of benzene rings is 1. The molecule has 0 bridgehead atoms. The molecular weight excluding hydrogens is 280 g/mol. The number of nitrogen functional groups attached to an aromatic ring is 1. The molecular formula is C17H26N2O3. The number of aryl methyl sites for hydroxylation is 1. The molecule has 0 aromatic heterocycles. The molecule has 1 rings (SSSR count). The van der Waals surface area contributed by atoms with Crippen LogP contribution in [-0.4, -0.2) is 36.5 Å². The molecule has 0 unspecified atom stereocenters. The van der Waals surface area contributed by atoms with Gasteiger partial charge in [0.2, 0.25) is 5.91 Å². The predicted molar refractivity (Wildman–Crippen MR) is 87.2 cm³/mol. The summed E-state index contributed by atoms with van der Waals surface area (Å²) in [6.07, 6.45) is 0.906. The van der Waals surface area contributed by atoms with E-state index in [1.807, 2.05) is 38.1 Å². The molecule has 0 radical (unpaired) electrons. The monoisotopic (exact) mass is 306 g/mol. The lowest BCUT2D eigenvalue weighted by Gasteiger charge is -2.23.